The Kier molecular flexibility index (Phi) is 4.51. The molecular weight excluding hydrogens is 325 g/mol. The number of nitrogens with one attached hydrogen (secondary N) is 2. The van der Waals surface area contributed by atoms with Gasteiger partial charge in [0.25, 0.3) is 5.69 Å². The molecule has 0 unspecified atom stereocenters. The molecule has 1 saturated heterocycles. The number of urea groups is 1. The second-order valence-electron chi connectivity index (χ2n) is 4.13. The topological polar surface area (TPSA) is 144 Å². The standard InChI is InChI=1S/C10H5N5O5S.Na.H/c16-8-5(9(17)12-10(18)11-8)3-1-2-4(15(19)20)7-6(3)13-21-14-7;;/h1-2,5H,(H2,11,12,16,17,18);;. The number of nitro groups is 1. The number of nitro benzene ring substituents is 1. The number of hydrogen-bond acceptors (Lipinski definition) is 8. The molecule has 2 heterocycles. The molecule has 0 bridgehead atoms. The summed E-state index contributed by atoms with van der Waals surface area (Å²) >= 11 is 0.731. The number of rotatable bonds is 2. The number of non-ortho nitro benzene ring substituents is 1. The number of imide groups is 2. The van der Waals surface area contributed by atoms with E-state index in [4.69, 9.17) is 0 Å². The monoisotopic (exact) mass is 331 g/mol. The number of benzene rings is 1. The molecule has 2 aromatic rings. The van der Waals surface area contributed by atoms with Crippen molar-refractivity contribution >= 4 is 75.9 Å². The summed E-state index contributed by atoms with van der Waals surface area (Å²) in [7, 11) is 0. The van der Waals surface area contributed by atoms with Crippen molar-refractivity contribution in [3.63, 3.8) is 0 Å². The minimum atomic E-state index is -1.31. The zero-order valence-electron chi connectivity index (χ0n) is 10.0. The SMILES string of the molecule is O=C1NC(=O)C(c2ccc([N+](=O)[O-])c3nsnc23)C(=O)N1.[NaH]. The first-order valence-corrected chi connectivity index (χ1v) is 6.27. The molecule has 2 N–H and O–H groups in total. The fourth-order valence-corrected chi connectivity index (χ4v) is 2.63. The number of fused-ring (bicyclic) bond motifs is 1. The van der Waals surface area contributed by atoms with Crippen molar-refractivity contribution in [1.29, 1.82) is 0 Å². The van der Waals surface area contributed by atoms with E-state index in [2.05, 4.69) is 8.75 Å². The molecule has 0 aliphatic carbocycles. The van der Waals surface area contributed by atoms with Crippen LogP contribution in [0, 0.1) is 10.1 Å². The van der Waals surface area contributed by atoms with E-state index in [1.54, 1.807) is 0 Å². The molecule has 108 valence electrons. The van der Waals surface area contributed by atoms with Crippen molar-refractivity contribution in [2.45, 2.75) is 5.92 Å². The van der Waals surface area contributed by atoms with E-state index in [1.807, 2.05) is 10.6 Å². The Morgan fingerprint density at radius 2 is 1.68 bits per heavy atom. The third kappa shape index (κ3) is 2.59. The summed E-state index contributed by atoms with van der Waals surface area (Å²) in [6, 6.07) is 1.51. The number of carbonyl (C=O) groups excluding carboxylic acids is 3. The zero-order valence-corrected chi connectivity index (χ0v) is 10.8. The summed E-state index contributed by atoms with van der Waals surface area (Å²) in [6.07, 6.45) is 0. The Labute approximate surface area is 148 Å². The van der Waals surface area contributed by atoms with Gasteiger partial charge in [0.1, 0.15) is 11.4 Å². The van der Waals surface area contributed by atoms with Gasteiger partial charge in [-0.15, -0.1) is 0 Å². The second kappa shape index (κ2) is 6.04. The summed E-state index contributed by atoms with van der Waals surface area (Å²) in [5.41, 5.74) is -0.0131. The molecule has 1 fully saturated rings. The van der Waals surface area contributed by atoms with Crippen LogP contribution in [-0.4, -0.2) is 61.1 Å². The van der Waals surface area contributed by atoms with E-state index < -0.39 is 28.7 Å². The van der Waals surface area contributed by atoms with E-state index in [0.29, 0.717) is 0 Å². The van der Waals surface area contributed by atoms with Crippen LogP contribution in [-0.2, 0) is 9.59 Å². The summed E-state index contributed by atoms with van der Waals surface area (Å²) in [6.45, 7) is 0. The van der Waals surface area contributed by atoms with Gasteiger partial charge in [0.05, 0.1) is 16.7 Å². The van der Waals surface area contributed by atoms with Gasteiger partial charge in [0.15, 0.2) is 5.52 Å². The normalized spacial score (nSPS) is 15.2. The van der Waals surface area contributed by atoms with Gasteiger partial charge >= 0.3 is 35.6 Å². The molecule has 0 atom stereocenters. The number of hydrogen-bond donors (Lipinski definition) is 2. The quantitative estimate of drug-likeness (QED) is 0.323. The Bertz CT molecular complexity index is 801. The third-order valence-electron chi connectivity index (χ3n) is 2.93. The number of barbiturate groups is 1. The van der Waals surface area contributed by atoms with Crippen molar-refractivity contribution in [2.75, 3.05) is 0 Å². The van der Waals surface area contributed by atoms with Crippen molar-refractivity contribution < 1.29 is 19.3 Å². The van der Waals surface area contributed by atoms with Crippen molar-refractivity contribution in [1.82, 2.24) is 19.4 Å². The summed E-state index contributed by atoms with van der Waals surface area (Å²) < 4.78 is 7.72. The summed E-state index contributed by atoms with van der Waals surface area (Å²) in [5, 5.41) is 14.8. The van der Waals surface area contributed by atoms with Gasteiger partial charge < -0.3 is 0 Å². The van der Waals surface area contributed by atoms with Gasteiger partial charge in [0, 0.05) is 11.6 Å². The Morgan fingerprint density at radius 1 is 1.09 bits per heavy atom. The molecule has 0 saturated carbocycles. The van der Waals surface area contributed by atoms with Crippen LogP contribution in [0.15, 0.2) is 12.1 Å². The molecule has 22 heavy (non-hydrogen) atoms. The Hall–Kier alpha value is -1.95. The summed E-state index contributed by atoms with van der Waals surface area (Å²) in [4.78, 5) is 45.0. The van der Waals surface area contributed by atoms with E-state index in [1.165, 1.54) is 6.07 Å². The van der Waals surface area contributed by atoms with E-state index in [9.17, 15) is 24.5 Å². The van der Waals surface area contributed by atoms with Gasteiger partial charge in [0.2, 0.25) is 11.8 Å². The van der Waals surface area contributed by atoms with E-state index >= 15 is 0 Å². The third-order valence-corrected chi connectivity index (χ3v) is 3.46. The fourth-order valence-electron chi connectivity index (χ4n) is 2.05. The van der Waals surface area contributed by atoms with Crippen LogP contribution in [0.2, 0.25) is 0 Å². The molecule has 10 nitrogen and oxygen atoms in total. The van der Waals surface area contributed by atoms with Crippen molar-refractivity contribution in [3.05, 3.63) is 27.8 Å². The summed E-state index contributed by atoms with van der Waals surface area (Å²) in [5.74, 6) is -2.94. The van der Waals surface area contributed by atoms with Crippen LogP contribution >= 0.6 is 11.7 Å². The molecular formula is C10H6N5NaO5S. The minimum absolute atomic E-state index is 0. The van der Waals surface area contributed by atoms with Crippen molar-refractivity contribution in [2.24, 2.45) is 0 Å². The van der Waals surface area contributed by atoms with Crippen LogP contribution in [0.4, 0.5) is 10.5 Å². The molecule has 1 aromatic heterocycles. The molecule has 3 rings (SSSR count). The van der Waals surface area contributed by atoms with Gasteiger partial charge in [-0.3, -0.25) is 30.3 Å². The van der Waals surface area contributed by atoms with Crippen LogP contribution in [0.1, 0.15) is 11.5 Å². The molecule has 0 radical (unpaired) electrons. The average Bonchev–Trinajstić information content (AvgIpc) is 2.86. The van der Waals surface area contributed by atoms with Crippen LogP contribution in [0.25, 0.3) is 11.0 Å². The van der Waals surface area contributed by atoms with Crippen molar-refractivity contribution in [3.8, 4) is 0 Å². The number of aromatic nitrogens is 2. The van der Waals surface area contributed by atoms with Crippen LogP contribution in [0.3, 0.4) is 0 Å². The predicted octanol–water partition coefficient (Wildman–Crippen LogP) is -0.599. The van der Waals surface area contributed by atoms with Gasteiger partial charge in [-0.05, 0) is 6.07 Å². The molecule has 1 aromatic carbocycles. The molecule has 0 spiro atoms. The predicted molar refractivity (Wildman–Crippen MR) is 75.6 cm³/mol. The van der Waals surface area contributed by atoms with E-state index in [-0.39, 0.29) is 51.8 Å². The number of amides is 4. The zero-order chi connectivity index (χ0) is 15.1. The average molecular weight is 331 g/mol. The molecule has 4 amide bonds. The number of nitrogens with zero attached hydrogens (tertiary/aromatic N) is 3. The van der Waals surface area contributed by atoms with Gasteiger partial charge in [-0.1, -0.05) is 0 Å². The first-order chi connectivity index (χ1) is 9.99. The van der Waals surface area contributed by atoms with Gasteiger partial charge in [-0.25, -0.2) is 4.79 Å². The van der Waals surface area contributed by atoms with E-state index in [0.717, 1.165) is 17.8 Å². The maximum absolute atomic E-state index is 11.8. The van der Waals surface area contributed by atoms with Crippen LogP contribution in [0.5, 0.6) is 0 Å². The molecule has 1 aliphatic heterocycles. The van der Waals surface area contributed by atoms with Crippen LogP contribution < -0.4 is 10.6 Å². The molecule has 12 heteroatoms. The Morgan fingerprint density at radius 3 is 2.27 bits per heavy atom. The Balaban J connectivity index is 0.00000176. The van der Waals surface area contributed by atoms with Gasteiger partial charge in [-0.2, -0.15) is 8.75 Å². The maximum atomic E-state index is 11.8. The first-order valence-electron chi connectivity index (χ1n) is 5.54. The molecule has 1 aliphatic rings. The fraction of sp³-hybridized carbons (Fsp3) is 0.100. The second-order valence-corrected chi connectivity index (χ2v) is 4.66. The first kappa shape index (κ1) is 16.4. The number of carbonyl (C=O) groups is 3.